The highest BCUT2D eigenvalue weighted by atomic mass is 16.2. The van der Waals surface area contributed by atoms with Crippen LogP contribution in [0.2, 0.25) is 0 Å². The Morgan fingerprint density at radius 3 is 2.21 bits per heavy atom. The lowest BCUT2D eigenvalue weighted by atomic mass is 9.81. The Bertz CT molecular complexity index is 753. The van der Waals surface area contributed by atoms with Crippen LogP contribution in [0.3, 0.4) is 0 Å². The Hall–Kier alpha value is -2.57. The molecule has 3 rings (SSSR count). The molecular formula is C21H30N4O3. The third-order valence-corrected chi connectivity index (χ3v) is 6.08. The van der Waals surface area contributed by atoms with Gasteiger partial charge in [0.15, 0.2) is 0 Å². The Kier molecular flexibility index (Phi) is 5.63. The van der Waals surface area contributed by atoms with E-state index in [0.717, 1.165) is 35.4 Å². The summed E-state index contributed by atoms with van der Waals surface area (Å²) in [6, 6.07) is 7.61. The first-order chi connectivity index (χ1) is 13.3. The van der Waals surface area contributed by atoms with Gasteiger partial charge in [0.1, 0.15) is 12.1 Å². The number of hydrogen-bond acceptors (Lipinski definition) is 4. The molecule has 1 saturated heterocycles. The number of anilines is 1. The number of nitrogens with zero attached hydrogens (tertiary/aromatic N) is 4. The SMILES string of the molecule is CN(Cc1ccc(N(C)C)cc1)C(=O)CN1C(=O)N(C)C2(CCCCC2)C1=O. The summed E-state index contributed by atoms with van der Waals surface area (Å²) in [4.78, 5) is 44.6. The van der Waals surface area contributed by atoms with E-state index in [1.165, 1.54) is 0 Å². The average Bonchev–Trinajstić information content (AvgIpc) is 2.85. The lowest BCUT2D eigenvalue weighted by molar-refractivity contribution is -0.140. The van der Waals surface area contributed by atoms with Gasteiger partial charge in [-0.25, -0.2) is 4.79 Å². The van der Waals surface area contributed by atoms with Crippen molar-refractivity contribution in [3.8, 4) is 0 Å². The van der Waals surface area contributed by atoms with Gasteiger partial charge in [-0.3, -0.25) is 14.5 Å². The van der Waals surface area contributed by atoms with Crippen LogP contribution >= 0.6 is 0 Å². The maximum absolute atomic E-state index is 13.0. The number of likely N-dealkylation sites (N-methyl/N-ethyl adjacent to an activating group) is 2. The summed E-state index contributed by atoms with van der Waals surface area (Å²) in [5, 5.41) is 0. The van der Waals surface area contributed by atoms with Gasteiger partial charge in [0.2, 0.25) is 5.91 Å². The second-order valence-electron chi connectivity index (χ2n) is 8.14. The summed E-state index contributed by atoms with van der Waals surface area (Å²) in [5.74, 6) is -0.448. The van der Waals surface area contributed by atoms with Crippen molar-refractivity contribution in [1.82, 2.24) is 14.7 Å². The molecule has 1 aliphatic carbocycles. The predicted octanol–water partition coefficient (Wildman–Crippen LogP) is 2.31. The molecule has 7 heteroatoms. The monoisotopic (exact) mass is 386 g/mol. The summed E-state index contributed by atoms with van der Waals surface area (Å²) in [5.41, 5.74) is 1.35. The van der Waals surface area contributed by atoms with Crippen LogP contribution in [0.15, 0.2) is 24.3 Å². The number of carbonyl (C=O) groups is 3. The fourth-order valence-corrected chi connectivity index (χ4v) is 4.19. The maximum atomic E-state index is 13.0. The number of hydrogen-bond donors (Lipinski definition) is 0. The standard InChI is InChI=1S/C21H30N4O3/c1-22(2)17-10-8-16(9-11-17)14-23(3)18(26)15-25-19(27)21(24(4)20(25)28)12-6-5-7-13-21/h8-11H,5-7,12-15H2,1-4H3. The Morgan fingerprint density at radius 2 is 1.64 bits per heavy atom. The highest BCUT2D eigenvalue weighted by Gasteiger charge is 2.55. The van der Waals surface area contributed by atoms with Crippen LogP contribution in [0.5, 0.6) is 0 Å². The van der Waals surface area contributed by atoms with Crippen LogP contribution in [-0.4, -0.2) is 72.8 Å². The van der Waals surface area contributed by atoms with Crippen molar-refractivity contribution in [3.05, 3.63) is 29.8 Å². The van der Waals surface area contributed by atoms with Crippen molar-refractivity contribution in [2.45, 2.75) is 44.2 Å². The van der Waals surface area contributed by atoms with E-state index in [1.807, 2.05) is 43.3 Å². The van der Waals surface area contributed by atoms with Crippen molar-refractivity contribution in [2.24, 2.45) is 0 Å². The molecule has 1 heterocycles. The maximum Gasteiger partial charge on any atom is 0.327 e. The third kappa shape index (κ3) is 3.57. The first kappa shape index (κ1) is 20.2. The minimum atomic E-state index is -0.740. The van der Waals surface area contributed by atoms with E-state index in [4.69, 9.17) is 0 Å². The zero-order valence-electron chi connectivity index (χ0n) is 17.3. The molecule has 1 spiro atoms. The Labute approximate surface area is 166 Å². The van der Waals surface area contributed by atoms with E-state index in [9.17, 15) is 14.4 Å². The zero-order chi connectivity index (χ0) is 20.5. The van der Waals surface area contributed by atoms with Gasteiger partial charge in [0, 0.05) is 40.4 Å². The molecule has 152 valence electrons. The van der Waals surface area contributed by atoms with E-state index in [0.29, 0.717) is 19.4 Å². The summed E-state index contributed by atoms with van der Waals surface area (Å²) < 4.78 is 0. The lowest BCUT2D eigenvalue weighted by Crippen LogP contribution is -2.49. The molecule has 2 fully saturated rings. The summed E-state index contributed by atoms with van der Waals surface area (Å²) in [7, 11) is 7.34. The normalized spacial score (nSPS) is 18.7. The topological polar surface area (TPSA) is 64.2 Å². The van der Waals surface area contributed by atoms with Crippen molar-refractivity contribution in [3.63, 3.8) is 0 Å². The van der Waals surface area contributed by atoms with Gasteiger partial charge in [-0.1, -0.05) is 31.4 Å². The molecule has 2 aliphatic rings. The molecular weight excluding hydrogens is 356 g/mol. The molecule has 1 aromatic carbocycles. The average molecular weight is 386 g/mol. The largest absolute Gasteiger partial charge is 0.378 e. The Balaban J connectivity index is 1.65. The highest BCUT2D eigenvalue weighted by molar-refractivity contribution is 6.08. The van der Waals surface area contributed by atoms with E-state index in [-0.39, 0.29) is 24.4 Å². The number of benzene rings is 1. The molecule has 1 saturated carbocycles. The summed E-state index contributed by atoms with van der Waals surface area (Å²) >= 11 is 0. The van der Waals surface area contributed by atoms with Crippen LogP contribution in [0.25, 0.3) is 0 Å². The van der Waals surface area contributed by atoms with Crippen LogP contribution in [0, 0.1) is 0 Å². The molecule has 1 aromatic rings. The van der Waals surface area contributed by atoms with E-state index >= 15 is 0 Å². The molecule has 7 nitrogen and oxygen atoms in total. The Morgan fingerprint density at radius 1 is 1.04 bits per heavy atom. The second-order valence-corrected chi connectivity index (χ2v) is 8.14. The fourth-order valence-electron chi connectivity index (χ4n) is 4.19. The predicted molar refractivity (Wildman–Crippen MR) is 108 cm³/mol. The first-order valence-electron chi connectivity index (χ1n) is 9.86. The van der Waals surface area contributed by atoms with Gasteiger partial charge in [-0.2, -0.15) is 0 Å². The number of rotatable bonds is 5. The van der Waals surface area contributed by atoms with Crippen LogP contribution in [-0.2, 0) is 16.1 Å². The molecule has 0 bridgehead atoms. The second kappa shape index (κ2) is 7.81. The fraction of sp³-hybridized carbons (Fsp3) is 0.571. The summed E-state index contributed by atoms with van der Waals surface area (Å²) in [6.45, 7) is 0.236. The van der Waals surface area contributed by atoms with Crippen LogP contribution < -0.4 is 4.90 Å². The first-order valence-corrected chi connectivity index (χ1v) is 9.86. The molecule has 4 amide bonds. The van der Waals surface area contributed by atoms with E-state index < -0.39 is 5.54 Å². The zero-order valence-corrected chi connectivity index (χ0v) is 17.3. The highest BCUT2D eigenvalue weighted by Crippen LogP contribution is 2.39. The van der Waals surface area contributed by atoms with Crippen molar-refractivity contribution < 1.29 is 14.4 Å². The van der Waals surface area contributed by atoms with Gasteiger partial charge in [-0.05, 0) is 30.5 Å². The molecule has 0 atom stereocenters. The van der Waals surface area contributed by atoms with Crippen molar-refractivity contribution >= 4 is 23.5 Å². The minimum Gasteiger partial charge on any atom is -0.378 e. The quantitative estimate of drug-likeness (QED) is 0.729. The molecule has 1 aliphatic heterocycles. The molecule has 0 N–H and O–H groups in total. The van der Waals surface area contributed by atoms with Gasteiger partial charge in [0.05, 0.1) is 0 Å². The number of urea groups is 1. The number of amides is 4. The third-order valence-electron chi connectivity index (χ3n) is 6.08. The minimum absolute atomic E-state index is 0.198. The van der Waals surface area contributed by atoms with E-state index in [1.54, 1.807) is 23.9 Å². The molecule has 28 heavy (non-hydrogen) atoms. The van der Waals surface area contributed by atoms with Crippen LogP contribution in [0.1, 0.15) is 37.7 Å². The lowest BCUT2D eigenvalue weighted by Gasteiger charge is -2.35. The van der Waals surface area contributed by atoms with Crippen LogP contribution in [0.4, 0.5) is 10.5 Å². The van der Waals surface area contributed by atoms with Gasteiger partial charge in [0.25, 0.3) is 5.91 Å². The molecule has 0 radical (unpaired) electrons. The van der Waals surface area contributed by atoms with Gasteiger partial charge in [-0.15, -0.1) is 0 Å². The van der Waals surface area contributed by atoms with E-state index in [2.05, 4.69) is 0 Å². The van der Waals surface area contributed by atoms with Crippen molar-refractivity contribution in [1.29, 1.82) is 0 Å². The van der Waals surface area contributed by atoms with Gasteiger partial charge < -0.3 is 14.7 Å². The van der Waals surface area contributed by atoms with Gasteiger partial charge >= 0.3 is 6.03 Å². The smallest absolute Gasteiger partial charge is 0.327 e. The number of carbonyl (C=O) groups excluding carboxylic acids is 3. The molecule has 0 aromatic heterocycles. The van der Waals surface area contributed by atoms with Crippen molar-refractivity contribution in [2.75, 3.05) is 39.6 Å². The summed E-state index contributed by atoms with van der Waals surface area (Å²) in [6.07, 6.45) is 4.34. The molecule has 0 unspecified atom stereocenters. The number of imide groups is 1.